The average Bonchev–Trinajstić information content (AvgIpc) is 2.83. The minimum Gasteiger partial charge on any atom is -0.329 e. The van der Waals surface area contributed by atoms with Gasteiger partial charge in [0.05, 0.1) is 11.5 Å². The van der Waals surface area contributed by atoms with Crippen LogP contribution in [0.5, 0.6) is 0 Å². The monoisotopic (exact) mass is 166 g/mol. The van der Waals surface area contributed by atoms with Crippen molar-refractivity contribution >= 4 is 0 Å². The standard InChI is InChI=1S/C10H18N2/c1-3-8(4-2)9-5-10(9,6-11)7-12/h8-9H,3-6,11H2,1-2H3/t9-,10-/m1/s1. The Morgan fingerprint density at radius 3 is 2.42 bits per heavy atom. The van der Waals surface area contributed by atoms with Crippen LogP contribution in [0.4, 0.5) is 0 Å². The second-order valence-corrected chi connectivity index (χ2v) is 3.86. The lowest BCUT2D eigenvalue weighted by atomic mass is 9.91. The van der Waals surface area contributed by atoms with E-state index in [1.807, 2.05) is 0 Å². The van der Waals surface area contributed by atoms with E-state index in [0.717, 1.165) is 6.42 Å². The predicted octanol–water partition coefficient (Wildman–Crippen LogP) is 1.91. The number of hydrogen-bond acceptors (Lipinski definition) is 2. The van der Waals surface area contributed by atoms with E-state index in [-0.39, 0.29) is 5.41 Å². The molecule has 0 heterocycles. The first-order valence-corrected chi connectivity index (χ1v) is 4.85. The molecular formula is C10H18N2. The number of nitriles is 1. The van der Waals surface area contributed by atoms with Gasteiger partial charge >= 0.3 is 0 Å². The van der Waals surface area contributed by atoms with Crippen LogP contribution in [0.15, 0.2) is 0 Å². The molecule has 1 aliphatic rings. The molecule has 1 rings (SSSR count). The van der Waals surface area contributed by atoms with E-state index in [2.05, 4.69) is 19.9 Å². The fraction of sp³-hybridized carbons (Fsp3) is 0.900. The van der Waals surface area contributed by atoms with Gasteiger partial charge in [-0.05, 0) is 18.3 Å². The summed E-state index contributed by atoms with van der Waals surface area (Å²) in [6.07, 6.45) is 3.40. The Hall–Kier alpha value is -0.550. The zero-order valence-electron chi connectivity index (χ0n) is 8.01. The highest BCUT2D eigenvalue weighted by atomic mass is 14.7. The molecule has 1 fully saturated rings. The molecule has 0 aromatic carbocycles. The summed E-state index contributed by atoms with van der Waals surface area (Å²) in [5.41, 5.74) is 5.45. The van der Waals surface area contributed by atoms with Crippen LogP contribution in [0, 0.1) is 28.6 Å². The van der Waals surface area contributed by atoms with Crippen molar-refractivity contribution in [3.05, 3.63) is 0 Å². The maximum absolute atomic E-state index is 8.94. The van der Waals surface area contributed by atoms with Crippen LogP contribution in [0.1, 0.15) is 33.1 Å². The lowest BCUT2D eigenvalue weighted by Gasteiger charge is -2.13. The lowest BCUT2D eigenvalue weighted by molar-refractivity contribution is 0.384. The summed E-state index contributed by atoms with van der Waals surface area (Å²) in [6.45, 7) is 4.95. The van der Waals surface area contributed by atoms with Gasteiger partial charge in [0.1, 0.15) is 0 Å². The van der Waals surface area contributed by atoms with Crippen molar-refractivity contribution in [1.82, 2.24) is 0 Å². The second kappa shape index (κ2) is 3.45. The minimum atomic E-state index is -0.142. The van der Waals surface area contributed by atoms with Crippen molar-refractivity contribution in [3.63, 3.8) is 0 Å². The molecule has 1 aliphatic carbocycles. The van der Waals surface area contributed by atoms with Gasteiger partial charge in [-0.15, -0.1) is 0 Å². The SMILES string of the molecule is CCC(CC)[C@H]1C[C@]1(C#N)CN. The van der Waals surface area contributed by atoms with E-state index in [1.54, 1.807) is 0 Å². The van der Waals surface area contributed by atoms with E-state index in [1.165, 1.54) is 12.8 Å². The maximum Gasteiger partial charge on any atom is 0.0730 e. The predicted molar refractivity (Wildman–Crippen MR) is 49.3 cm³/mol. The third kappa shape index (κ3) is 1.34. The Balaban J connectivity index is 2.55. The summed E-state index contributed by atoms with van der Waals surface area (Å²) in [5.74, 6) is 1.30. The molecule has 2 atom stereocenters. The third-order valence-electron chi connectivity index (χ3n) is 3.34. The van der Waals surface area contributed by atoms with Gasteiger partial charge in [-0.2, -0.15) is 5.26 Å². The molecule has 2 nitrogen and oxygen atoms in total. The molecule has 0 amide bonds. The fourth-order valence-corrected chi connectivity index (χ4v) is 2.22. The molecular weight excluding hydrogens is 148 g/mol. The number of nitrogens with zero attached hydrogens (tertiary/aromatic N) is 1. The maximum atomic E-state index is 8.94. The van der Waals surface area contributed by atoms with Crippen LogP contribution in [0.2, 0.25) is 0 Å². The van der Waals surface area contributed by atoms with E-state index in [9.17, 15) is 0 Å². The highest BCUT2D eigenvalue weighted by molar-refractivity contribution is 5.17. The van der Waals surface area contributed by atoms with Crippen molar-refractivity contribution in [1.29, 1.82) is 5.26 Å². The summed E-state index contributed by atoms with van der Waals surface area (Å²) in [4.78, 5) is 0. The molecule has 0 aromatic rings. The lowest BCUT2D eigenvalue weighted by Crippen LogP contribution is -2.18. The normalized spacial score (nSPS) is 33.4. The topological polar surface area (TPSA) is 49.8 Å². The van der Waals surface area contributed by atoms with E-state index in [4.69, 9.17) is 11.0 Å². The van der Waals surface area contributed by atoms with Gasteiger partial charge < -0.3 is 5.73 Å². The van der Waals surface area contributed by atoms with Crippen LogP contribution in [0.3, 0.4) is 0 Å². The molecule has 0 aromatic heterocycles. The largest absolute Gasteiger partial charge is 0.329 e. The number of rotatable bonds is 4. The van der Waals surface area contributed by atoms with Crippen LogP contribution < -0.4 is 5.73 Å². The molecule has 12 heavy (non-hydrogen) atoms. The summed E-state index contributed by atoms with van der Waals surface area (Å²) in [6, 6.07) is 2.38. The first kappa shape index (κ1) is 9.54. The summed E-state index contributed by atoms with van der Waals surface area (Å²) in [7, 11) is 0. The zero-order valence-corrected chi connectivity index (χ0v) is 8.01. The van der Waals surface area contributed by atoms with E-state index < -0.39 is 0 Å². The summed E-state index contributed by atoms with van der Waals surface area (Å²) >= 11 is 0. The summed E-state index contributed by atoms with van der Waals surface area (Å²) in [5, 5.41) is 8.94. The Bertz CT molecular complexity index is 191. The second-order valence-electron chi connectivity index (χ2n) is 3.86. The van der Waals surface area contributed by atoms with E-state index >= 15 is 0 Å². The molecule has 0 unspecified atom stereocenters. The van der Waals surface area contributed by atoms with Gasteiger partial charge in [0, 0.05) is 6.54 Å². The van der Waals surface area contributed by atoms with Gasteiger partial charge in [0.2, 0.25) is 0 Å². The zero-order chi connectivity index (χ0) is 9.19. The van der Waals surface area contributed by atoms with Crippen molar-refractivity contribution in [2.75, 3.05) is 6.54 Å². The fourth-order valence-electron chi connectivity index (χ4n) is 2.22. The molecule has 0 spiro atoms. The van der Waals surface area contributed by atoms with Gasteiger partial charge in [0.15, 0.2) is 0 Å². The van der Waals surface area contributed by atoms with Crippen molar-refractivity contribution in [2.24, 2.45) is 23.0 Å². The molecule has 0 radical (unpaired) electrons. The van der Waals surface area contributed by atoms with Crippen LogP contribution >= 0.6 is 0 Å². The molecule has 0 saturated heterocycles. The van der Waals surface area contributed by atoms with Crippen LogP contribution in [0.25, 0.3) is 0 Å². The van der Waals surface area contributed by atoms with Crippen LogP contribution in [-0.2, 0) is 0 Å². The Labute approximate surface area is 74.8 Å². The Morgan fingerprint density at radius 1 is 1.58 bits per heavy atom. The molecule has 68 valence electrons. The molecule has 0 bridgehead atoms. The van der Waals surface area contributed by atoms with Crippen molar-refractivity contribution in [2.45, 2.75) is 33.1 Å². The van der Waals surface area contributed by atoms with Crippen LogP contribution in [-0.4, -0.2) is 6.54 Å². The van der Waals surface area contributed by atoms with E-state index in [0.29, 0.717) is 18.4 Å². The van der Waals surface area contributed by atoms with Gasteiger partial charge in [-0.1, -0.05) is 26.7 Å². The Morgan fingerprint density at radius 2 is 2.17 bits per heavy atom. The molecule has 2 N–H and O–H groups in total. The quantitative estimate of drug-likeness (QED) is 0.693. The molecule has 2 heteroatoms. The molecule has 0 aliphatic heterocycles. The minimum absolute atomic E-state index is 0.142. The third-order valence-corrected chi connectivity index (χ3v) is 3.34. The highest BCUT2D eigenvalue weighted by Crippen LogP contribution is 2.56. The van der Waals surface area contributed by atoms with Gasteiger partial charge in [-0.25, -0.2) is 0 Å². The number of nitrogens with two attached hydrogens (primary N) is 1. The van der Waals surface area contributed by atoms with Gasteiger partial charge in [0.25, 0.3) is 0 Å². The van der Waals surface area contributed by atoms with Gasteiger partial charge in [-0.3, -0.25) is 0 Å². The van der Waals surface area contributed by atoms with Crippen molar-refractivity contribution < 1.29 is 0 Å². The van der Waals surface area contributed by atoms with Crippen molar-refractivity contribution in [3.8, 4) is 6.07 Å². The Kier molecular flexibility index (Phi) is 2.74. The smallest absolute Gasteiger partial charge is 0.0730 e. The average molecular weight is 166 g/mol. The first-order chi connectivity index (χ1) is 5.74. The summed E-state index contributed by atoms with van der Waals surface area (Å²) < 4.78 is 0. The first-order valence-electron chi connectivity index (χ1n) is 4.85. The number of hydrogen-bond donors (Lipinski definition) is 1. The highest BCUT2D eigenvalue weighted by Gasteiger charge is 2.56. The molecule has 1 saturated carbocycles.